The number of hydrogen-bond acceptors (Lipinski definition) is 0. The van der Waals surface area contributed by atoms with E-state index in [0.29, 0.717) is 10.9 Å². The Kier molecular flexibility index (Phi) is 7.56. The number of halogens is 10. The van der Waals surface area contributed by atoms with Gasteiger partial charge in [0.15, 0.2) is 0 Å². The second kappa shape index (κ2) is 9.88. The molecule has 0 radical (unpaired) electrons. The van der Waals surface area contributed by atoms with Crippen LogP contribution in [0.5, 0.6) is 0 Å². The molecule has 0 spiro atoms. The van der Waals surface area contributed by atoms with Gasteiger partial charge in [0.05, 0.1) is 0 Å². The van der Waals surface area contributed by atoms with E-state index in [-0.39, 0.29) is 15.9 Å². The van der Waals surface area contributed by atoms with Crippen molar-refractivity contribution in [2.45, 2.75) is 53.1 Å². The number of hydrogen-bond donors (Lipinski definition) is 0. The van der Waals surface area contributed by atoms with E-state index in [1.165, 1.54) is 36.4 Å². The van der Waals surface area contributed by atoms with Crippen LogP contribution < -0.4 is 15.9 Å². The molecule has 0 saturated carbocycles. The molecule has 1 aliphatic carbocycles. The minimum absolute atomic E-state index is 0.153. The van der Waals surface area contributed by atoms with Gasteiger partial charge in [0.1, 0.15) is 0 Å². The zero-order valence-corrected chi connectivity index (χ0v) is 24.8. The van der Waals surface area contributed by atoms with Crippen molar-refractivity contribution in [3.8, 4) is 0 Å². The van der Waals surface area contributed by atoms with E-state index < -0.39 is 46.6 Å². The molecule has 0 bridgehead atoms. The first-order chi connectivity index (χ1) is 19.1. The molecule has 0 saturated heterocycles. The summed E-state index contributed by atoms with van der Waals surface area (Å²) >= 11 is 8.09. The Bertz CT molecular complexity index is 1430. The Morgan fingerprint density at radius 2 is 0.762 bits per heavy atom. The van der Waals surface area contributed by atoms with Crippen LogP contribution in [0.2, 0.25) is 0 Å². The van der Waals surface area contributed by atoms with Gasteiger partial charge in [0.25, 0.3) is 0 Å². The van der Waals surface area contributed by atoms with Gasteiger partial charge in [-0.05, 0) is 0 Å². The Morgan fingerprint density at radius 1 is 0.500 bits per heavy atom. The van der Waals surface area contributed by atoms with E-state index in [2.05, 4.69) is 0 Å². The zero-order chi connectivity index (χ0) is 31.7. The molecule has 0 atom stereocenters. The van der Waals surface area contributed by atoms with Gasteiger partial charge >= 0.3 is 243 Å². The van der Waals surface area contributed by atoms with Gasteiger partial charge in [-0.1, -0.05) is 0 Å². The summed E-state index contributed by atoms with van der Waals surface area (Å²) in [5.74, 6) is -4.85. The van der Waals surface area contributed by atoms with Crippen LogP contribution in [-0.2, 0) is 18.5 Å². The topological polar surface area (TPSA) is 0 Å². The van der Waals surface area contributed by atoms with Gasteiger partial charge in [-0.25, -0.2) is 0 Å². The molecule has 4 rings (SSSR count). The molecule has 226 valence electrons. The van der Waals surface area contributed by atoms with E-state index in [4.69, 9.17) is 11.2 Å². The van der Waals surface area contributed by atoms with Crippen LogP contribution in [-0.4, -0.2) is 0 Å². The van der Waals surface area contributed by atoms with E-state index in [1.54, 1.807) is 6.92 Å². The molecular weight excluding hydrogens is 610 g/mol. The van der Waals surface area contributed by atoms with Crippen LogP contribution in [0.4, 0.5) is 39.5 Å². The molecule has 3 aromatic rings. The fourth-order valence-electron chi connectivity index (χ4n) is 6.04. The van der Waals surface area contributed by atoms with Crippen molar-refractivity contribution in [1.29, 1.82) is 0 Å². The summed E-state index contributed by atoms with van der Waals surface area (Å²) in [7, 11) is 0. The maximum absolute atomic E-state index is 13.6. The average Bonchev–Trinajstić information content (AvgIpc) is 3.06. The third-order valence-corrected chi connectivity index (χ3v) is 16.3. The molecule has 0 unspecified atom stereocenters. The fraction of sp³-hybridized carbons (Fsp3) is 0.290. The molecule has 0 N–H and O–H groups in total. The van der Waals surface area contributed by atoms with Crippen LogP contribution in [0.15, 0.2) is 94.8 Å². The summed E-state index contributed by atoms with van der Waals surface area (Å²) in [5, 5.41) is 0.991. The Labute approximate surface area is 242 Å². The predicted molar refractivity (Wildman–Crippen MR) is 151 cm³/mol. The van der Waals surface area contributed by atoms with Gasteiger partial charge in [0, 0.05) is 0 Å². The molecule has 0 aliphatic heterocycles. The van der Waals surface area contributed by atoms with E-state index in [0.717, 1.165) is 47.5 Å². The van der Waals surface area contributed by atoms with Crippen LogP contribution in [0.3, 0.4) is 0 Å². The summed E-state index contributed by atoms with van der Waals surface area (Å²) in [5.41, 5.74) is -1.43. The van der Waals surface area contributed by atoms with Gasteiger partial charge in [-0.2, -0.15) is 0 Å². The number of allylic oxidation sites excluding steroid dienone is 4. The van der Waals surface area contributed by atoms with Crippen molar-refractivity contribution in [3.05, 3.63) is 112 Å². The molecular formula is C31H27ClF9P. The average molecular weight is 637 g/mol. The maximum atomic E-state index is 13.6. The Morgan fingerprint density at radius 3 is 0.952 bits per heavy atom. The van der Waals surface area contributed by atoms with Gasteiger partial charge in [-0.15, -0.1) is 0 Å². The summed E-state index contributed by atoms with van der Waals surface area (Å²) in [6, 6.07) is 12.1. The first-order valence-electron chi connectivity index (χ1n) is 12.7. The zero-order valence-electron chi connectivity index (χ0n) is 23.2. The second-order valence-corrected chi connectivity index (χ2v) is 17.0. The molecule has 0 heterocycles. The molecule has 11 heteroatoms. The number of benzene rings is 3. The Hall–Kier alpha value is -2.77. The number of rotatable bonds is 4. The van der Waals surface area contributed by atoms with Crippen molar-refractivity contribution in [1.82, 2.24) is 0 Å². The van der Waals surface area contributed by atoms with Crippen LogP contribution in [0, 0.1) is 5.41 Å². The summed E-state index contributed by atoms with van der Waals surface area (Å²) in [4.78, 5) is 0. The van der Waals surface area contributed by atoms with Gasteiger partial charge in [0.2, 0.25) is 0 Å². The van der Waals surface area contributed by atoms with Gasteiger partial charge < -0.3 is 0 Å². The molecule has 1 aliphatic rings. The molecule has 3 aromatic carbocycles. The van der Waals surface area contributed by atoms with Crippen LogP contribution in [0.25, 0.3) is 0 Å². The normalized spacial score (nSPS) is 17.5. The summed E-state index contributed by atoms with van der Waals surface area (Å²) < 4.78 is 122. The summed E-state index contributed by atoms with van der Waals surface area (Å²) in [6.45, 7) is 9.16. The van der Waals surface area contributed by atoms with Crippen molar-refractivity contribution >= 4 is 33.1 Å². The third kappa shape index (κ3) is 4.77. The van der Waals surface area contributed by atoms with Gasteiger partial charge in [-0.3, -0.25) is 0 Å². The predicted octanol–water partition coefficient (Wildman–Crippen LogP) is 10.4. The van der Waals surface area contributed by atoms with Crippen LogP contribution in [0.1, 0.15) is 51.3 Å². The molecule has 0 amide bonds. The monoisotopic (exact) mass is 636 g/mol. The molecule has 42 heavy (non-hydrogen) atoms. The van der Waals surface area contributed by atoms with E-state index in [9.17, 15) is 39.5 Å². The van der Waals surface area contributed by atoms with Crippen molar-refractivity contribution in [2.24, 2.45) is 5.41 Å². The second-order valence-electron chi connectivity index (χ2n) is 11.0. The van der Waals surface area contributed by atoms with Crippen molar-refractivity contribution in [3.63, 3.8) is 0 Å². The van der Waals surface area contributed by atoms with Crippen molar-refractivity contribution < 1.29 is 39.5 Å². The Balaban J connectivity index is 2.24. The standard InChI is InChI=1S/C31H27ClF9P/c1-18-19(2)27(28(4,5)20(18)3)42(32,24-12-6-21(7-13-24)29(33,34)35,25-14-8-22(9-15-25)30(36,37)38)26-16-10-23(11-17-26)31(39,40)41/h6-17H,1-5H3. The van der Waals surface area contributed by atoms with E-state index in [1.807, 2.05) is 27.7 Å². The molecule has 0 nitrogen and oxygen atoms in total. The first kappa shape index (κ1) is 32.2. The first-order valence-corrected chi connectivity index (χ1v) is 15.9. The summed E-state index contributed by atoms with van der Waals surface area (Å²) in [6.07, 6.45) is -14.1. The van der Waals surface area contributed by atoms with E-state index >= 15 is 0 Å². The third-order valence-electron chi connectivity index (χ3n) is 8.47. The fourth-order valence-corrected chi connectivity index (χ4v) is 13.9. The van der Waals surface area contributed by atoms with Crippen LogP contribution >= 0.6 is 17.2 Å². The number of alkyl halides is 9. The quantitative estimate of drug-likeness (QED) is 0.197. The minimum atomic E-state index is -4.85. The van der Waals surface area contributed by atoms with Crippen molar-refractivity contribution in [2.75, 3.05) is 0 Å². The molecule has 0 fully saturated rings. The SMILES string of the molecule is CC1=C(C)C(C)(C)C(P(Cl)(c2ccc(C(F)(F)F)cc2)(c2ccc(C(F)(F)F)cc2)c2ccc(C(F)(F)F)cc2)=C1C. The molecule has 0 aromatic heterocycles.